The highest BCUT2D eigenvalue weighted by atomic mass is 19.1. The summed E-state index contributed by atoms with van der Waals surface area (Å²) in [6.07, 6.45) is 2.73. The second-order valence-corrected chi connectivity index (χ2v) is 2.67. The maximum absolute atomic E-state index is 11.7. The Kier molecular flexibility index (Phi) is 4.37. The van der Waals surface area contributed by atoms with E-state index >= 15 is 0 Å². The van der Waals surface area contributed by atoms with E-state index in [1.165, 1.54) is 0 Å². The zero-order chi connectivity index (χ0) is 7.28. The molecule has 0 radical (unpaired) electrons. The Morgan fingerprint density at radius 2 is 2.22 bits per heavy atom. The first-order chi connectivity index (χ1) is 4.20. The van der Waals surface area contributed by atoms with Gasteiger partial charge >= 0.3 is 0 Å². The van der Waals surface area contributed by atoms with Crippen LogP contribution >= 0.6 is 0 Å². The molecule has 0 aliphatic rings. The van der Waals surface area contributed by atoms with Crippen molar-refractivity contribution >= 4 is 0 Å². The predicted octanol–water partition coefficient (Wildman–Crippen LogP) is 3.30. The van der Waals surface area contributed by atoms with Gasteiger partial charge in [0.05, 0.1) is 6.33 Å². The van der Waals surface area contributed by atoms with Gasteiger partial charge in [0.2, 0.25) is 0 Å². The van der Waals surface area contributed by atoms with Crippen LogP contribution in [0.5, 0.6) is 0 Å². The fourth-order valence-electron chi connectivity index (χ4n) is 0.739. The van der Waals surface area contributed by atoms with Crippen LogP contribution in [0.1, 0.15) is 33.6 Å². The lowest BCUT2D eigenvalue weighted by molar-refractivity contribution is 0.548. The molecule has 0 bridgehead atoms. The summed E-state index contributed by atoms with van der Waals surface area (Å²) in [5.74, 6) is 0.622. The van der Waals surface area contributed by atoms with Gasteiger partial charge in [-0.1, -0.05) is 20.3 Å². The van der Waals surface area contributed by atoms with Crippen molar-refractivity contribution < 1.29 is 4.39 Å². The lowest BCUT2D eigenvalue weighted by Crippen LogP contribution is -1.91. The van der Waals surface area contributed by atoms with Crippen LogP contribution in [0.15, 0.2) is 11.9 Å². The molecule has 54 valence electrons. The van der Waals surface area contributed by atoms with Gasteiger partial charge in [-0.3, -0.25) is 0 Å². The molecule has 0 saturated carbocycles. The Balaban J connectivity index is 3.47. The van der Waals surface area contributed by atoms with Crippen LogP contribution in [0, 0.1) is 5.92 Å². The van der Waals surface area contributed by atoms with Crippen LogP contribution in [0.2, 0.25) is 0 Å². The molecule has 0 rings (SSSR count). The van der Waals surface area contributed by atoms with Crippen LogP contribution in [0.3, 0.4) is 0 Å². The first-order valence-corrected chi connectivity index (χ1v) is 3.46. The third-order valence-electron chi connectivity index (χ3n) is 1.55. The van der Waals surface area contributed by atoms with E-state index in [0.717, 1.165) is 18.4 Å². The highest BCUT2D eigenvalue weighted by Crippen LogP contribution is 2.13. The van der Waals surface area contributed by atoms with E-state index in [4.69, 9.17) is 0 Å². The topological polar surface area (TPSA) is 0 Å². The van der Waals surface area contributed by atoms with Crippen molar-refractivity contribution in [1.29, 1.82) is 0 Å². The van der Waals surface area contributed by atoms with Gasteiger partial charge in [-0.25, -0.2) is 4.39 Å². The number of halogens is 1. The molecule has 0 fully saturated rings. The lowest BCUT2D eigenvalue weighted by Gasteiger charge is -2.05. The van der Waals surface area contributed by atoms with Crippen molar-refractivity contribution in [3.63, 3.8) is 0 Å². The van der Waals surface area contributed by atoms with Crippen LogP contribution in [0.25, 0.3) is 0 Å². The second kappa shape index (κ2) is 4.54. The Labute approximate surface area is 56.8 Å². The third-order valence-corrected chi connectivity index (χ3v) is 1.55. The van der Waals surface area contributed by atoms with Gasteiger partial charge in [0.15, 0.2) is 0 Å². The highest BCUT2D eigenvalue weighted by molar-refractivity contribution is 4.93. The summed E-state index contributed by atoms with van der Waals surface area (Å²) in [6.45, 7) is 6.08. The quantitative estimate of drug-likeness (QED) is 0.550. The summed E-state index contributed by atoms with van der Waals surface area (Å²) in [4.78, 5) is 0. The van der Waals surface area contributed by atoms with Crippen LogP contribution in [-0.4, -0.2) is 0 Å². The predicted molar refractivity (Wildman–Crippen MR) is 38.9 cm³/mol. The van der Waals surface area contributed by atoms with E-state index < -0.39 is 0 Å². The van der Waals surface area contributed by atoms with Crippen molar-refractivity contribution in [2.45, 2.75) is 33.6 Å². The van der Waals surface area contributed by atoms with Crippen molar-refractivity contribution in [3.05, 3.63) is 11.9 Å². The molecule has 0 aromatic rings. The minimum Gasteiger partial charge on any atom is -0.216 e. The molecule has 0 saturated heterocycles. The standard InChI is InChI=1S/C8H15F/c1-4-7(2)5-8(3)6-9/h6-7H,4-5H2,1-3H3/b8-6-. The molecule has 0 aromatic carbocycles. The third kappa shape index (κ3) is 4.19. The largest absolute Gasteiger partial charge is 0.216 e. The SMILES string of the molecule is CCC(C)C/C(C)=C\F. The van der Waals surface area contributed by atoms with Gasteiger partial charge in [0.1, 0.15) is 0 Å². The van der Waals surface area contributed by atoms with Gasteiger partial charge in [0.25, 0.3) is 0 Å². The fraction of sp³-hybridized carbons (Fsp3) is 0.750. The molecule has 1 atom stereocenters. The molecular formula is C8H15F. The molecule has 0 aromatic heterocycles. The minimum absolute atomic E-state index is 0.622. The molecule has 0 aliphatic heterocycles. The highest BCUT2D eigenvalue weighted by Gasteiger charge is 1.98. The van der Waals surface area contributed by atoms with Gasteiger partial charge in [-0.15, -0.1) is 0 Å². The Hall–Kier alpha value is -0.330. The second-order valence-electron chi connectivity index (χ2n) is 2.67. The fourth-order valence-corrected chi connectivity index (χ4v) is 0.739. The Bertz CT molecular complexity index is 94.7. The minimum atomic E-state index is 0.622. The summed E-state index contributed by atoms with van der Waals surface area (Å²) in [5, 5.41) is 0. The molecule has 0 amide bonds. The Morgan fingerprint density at radius 3 is 2.56 bits per heavy atom. The van der Waals surface area contributed by atoms with Crippen molar-refractivity contribution in [1.82, 2.24) is 0 Å². The molecule has 0 heterocycles. The number of hydrogen-bond donors (Lipinski definition) is 0. The maximum Gasteiger partial charge on any atom is 0.0856 e. The molecule has 9 heavy (non-hydrogen) atoms. The smallest absolute Gasteiger partial charge is 0.0856 e. The van der Waals surface area contributed by atoms with Crippen molar-refractivity contribution in [2.75, 3.05) is 0 Å². The van der Waals surface area contributed by atoms with E-state index in [9.17, 15) is 4.39 Å². The van der Waals surface area contributed by atoms with E-state index in [-0.39, 0.29) is 0 Å². The summed E-state index contributed by atoms with van der Waals surface area (Å²) in [6, 6.07) is 0. The van der Waals surface area contributed by atoms with Crippen LogP contribution < -0.4 is 0 Å². The zero-order valence-electron chi connectivity index (χ0n) is 6.45. The zero-order valence-corrected chi connectivity index (χ0v) is 6.45. The first kappa shape index (κ1) is 8.67. The summed E-state index contributed by atoms with van der Waals surface area (Å²) < 4.78 is 11.7. The van der Waals surface area contributed by atoms with Crippen molar-refractivity contribution in [3.8, 4) is 0 Å². The van der Waals surface area contributed by atoms with Gasteiger partial charge in [-0.2, -0.15) is 0 Å². The summed E-state index contributed by atoms with van der Waals surface area (Å²) in [5.41, 5.74) is 0.851. The molecule has 1 heteroatoms. The number of hydrogen-bond acceptors (Lipinski definition) is 0. The average Bonchev–Trinajstić information content (AvgIpc) is 1.87. The monoisotopic (exact) mass is 130 g/mol. The molecule has 0 N–H and O–H groups in total. The van der Waals surface area contributed by atoms with E-state index in [2.05, 4.69) is 13.8 Å². The van der Waals surface area contributed by atoms with Crippen molar-refractivity contribution in [2.24, 2.45) is 5.92 Å². The molecule has 0 aliphatic carbocycles. The first-order valence-electron chi connectivity index (χ1n) is 3.46. The normalized spacial score (nSPS) is 15.8. The van der Waals surface area contributed by atoms with Crippen LogP contribution in [0.4, 0.5) is 4.39 Å². The summed E-state index contributed by atoms with van der Waals surface area (Å²) >= 11 is 0. The van der Waals surface area contributed by atoms with Gasteiger partial charge < -0.3 is 0 Å². The molecule has 0 spiro atoms. The van der Waals surface area contributed by atoms with E-state index in [0.29, 0.717) is 12.2 Å². The lowest BCUT2D eigenvalue weighted by atomic mass is 10.0. The van der Waals surface area contributed by atoms with E-state index in [1.807, 2.05) is 6.92 Å². The molecular weight excluding hydrogens is 115 g/mol. The summed E-state index contributed by atoms with van der Waals surface area (Å²) in [7, 11) is 0. The number of rotatable bonds is 3. The van der Waals surface area contributed by atoms with E-state index in [1.54, 1.807) is 0 Å². The van der Waals surface area contributed by atoms with Crippen LogP contribution in [-0.2, 0) is 0 Å². The molecule has 1 unspecified atom stereocenters. The average molecular weight is 130 g/mol. The van der Waals surface area contributed by atoms with Gasteiger partial charge in [0, 0.05) is 0 Å². The molecule has 0 nitrogen and oxygen atoms in total. The Morgan fingerprint density at radius 1 is 1.67 bits per heavy atom. The number of allylic oxidation sites excluding steroid dienone is 1. The maximum atomic E-state index is 11.7. The van der Waals surface area contributed by atoms with Gasteiger partial charge in [-0.05, 0) is 24.8 Å².